The van der Waals surface area contributed by atoms with Gasteiger partial charge in [0.05, 0.1) is 5.75 Å². The maximum atomic E-state index is 12.1. The smallest absolute Gasteiger partial charge is 0.214 e. The molecule has 1 N–H and O–H groups in total. The molecule has 124 valence electrons. The van der Waals surface area contributed by atoms with E-state index in [-0.39, 0.29) is 0 Å². The van der Waals surface area contributed by atoms with Crippen molar-refractivity contribution in [3.05, 3.63) is 0 Å². The van der Waals surface area contributed by atoms with Crippen molar-refractivity contribution in [2.24, 2.45) is 5.92 Å². The molecule has 1 saturated heterocycles. The van der Waals surface area contributed by atoms with E-state index in [2.05, 4.69) is 12.2 Å². The van der Waals surface area contributed by atoms with Crippen LogP contribution in [0, 0.1) is 5.92 Å². The summed E-state index contributed by atoms with van der Waals surface area (Å²) in [6, 6.07) is 1.07. The monoisotopic (exact) mass is 316 g/mol. The molecule has 0 amide bonds. The number of hydrogen-bond acceptors (Lipinski definition) is 3. The van der Waals surface area contributed by atoms with Gasteiger partial charge in [0.25, 0.3) is 0 Å². The van der Waals surface area contributed by atoms with Gasteiger partial charge in [0, 0.05) is 25.2 Å². The first-order valence-electron chi connectivity index (χ1n) is 8.77. The number of rotatable bonds is 6. The fourth-order valence-corrected chi connectivity index (χ4v) is 5.37. The zero-order valence-corrected chi connectivity index (χ0v) is 14.5. The standard InChI is InChI=1S/C16H32N2O2S/c1-3-13-21(19,20)18-11-9-16(10-12-18)17-14(2)15-7-5-4-6-8-15/h14-17H,3-13H2,1-2H3. The maximum absolute atomic E-state index is 12.1. The van der Waals surface area contributed by atoms with E-state index in [9.17, 15) is 8.42 Å². The SMILES string of the molecule is CCCS(=O)(=O)N1CCC(NC(C)C2CCCCC2)CC1. The molecule has 2 fully saturated rings. The van der Waals surface area contributed by atoms with Gasteiger partial charge in [-0.3, -0.25) is 0 Å². The summed E-state index contributed by atoms with van der Waals surface area (Å²) in [6.45, 7) is 5.63. The Balaban J connectivity index is 1.76. The summed E-state index contributed by atoms with van der Waals surface area (Å²) in [7, 11) is -3.00. The molecule has 0 spiro atoms. The molecule has 1 unspecified atom stereocenters. The molecule has 0 aromatic rings. The second-order valence-corrected chi connectivity index (χ2v) is 8.93. The first-order chi connectivity index (χ1) is 10.0. The van der Waals surface area contributed by atoms with Gasteiger partial charge in [0.1, 0.15) is 0 Å². The van der Waals surface area contributed by atoms with Crippen LogP contribution in [0.3, 0.4) is 0 Å². The lowest BCUT2D eigenvalue weighted by molar-refractivity contribution is 0.225. The molecule has 21 heavy (non-hydrogen) atoms. The predicted molar refractivity (Wildman–Crippen MR) is 87.8 cm³/mol. The van der Waals surface area contributed by atoms with E-state index in [1.165, 1.54) is 32.1 Å². The summed E-state index contributed by atoms with van der Waals surface area (Å²) in [5.41, 5.74) is 0. The Morgan fingerprint density at radius 1 is 1.10 bits per heavy atom. The second-order valence-electron chi connectivity index (χ2n) is 6.84. The van der Waals surface area contributed by atoms with E-state index in [1.807, 2.05) is 6.92 Å². The highest BCUT2D eigenvalue weighted by Crippen LogP contribution is 2.27. The van der Waals surface area contributed by atoms with Crippen LogP contribution in [0.4, 0.5) is 0 Å². The number of nitrogens with zero attached hydrogens (tertiary/aromatic N) is 1. The number of nitrogens with one attached hydrogen (secondary N) is 1. The quantitative estimate of drug-likeness (QED) is 0.820. The highest BCUT2D eigenvalue weighted by atomic mass is 32.2. The third-order valence-electron chi connectivity index (χ3n) is 5.16. The van der Waals surface area contributed by atoms with Crippen LogP contribution >= 0.6 is 0 Å². The van der Waals surface area contributed by atoms with Crippen molar-refractivity contribution < 1.29 is 8.42 Å². The highest BCUT2D eigenvalue weighted by molar-refractivity contribution is 7.89. The van der Waals surface area contributed by atoms with Crippen LogP contribution in [0.1, 0.15) is 65.2 Å². The molecule has 1 atom stereocenters. The minimum Gasteiger partial charge on any atom is -0.311 e. The molecule has 2 aliphatic rings. The van der Waals surface area contributed by atoms with Crippen molar-refractivity contribution >= 4 is 10.0 Å². The third-order valence-corrected chi connectivity index (χ3v) is 7.24. The van der Waals surface area contributed by atoms with E-state index >= 15 is 0 Å². The van der Waals surface area contributed by atoms with Gasteiger partial charge in [-0.1, -0.05) is 26.2 Å². The zero-order valence-electron chi connectivity index (χ0n) is 13.7. The van der Waals surface area contributed by atoms with Crippen molar-refractivity contribution in [2.45, 2.75) is 77.3 Å². The average molecular weight is 317 g/mol. The third kappa shape index (κ3) is 4.93. The normalized spacial score (nSPS) is 25.0. The van der Waals surface area contributed by atoms with Gasteiger partial charge in [-0.05, 0) is 44.9 Å². The zero-order chi connectivity index (χ0) is 15.3. The lowest BCUT2D eigenvalue weighted by atomic mass is 9.84. The van der Waals surface area contributed by atoms with E-state index in [0.29, 0.717) is 37.3 Å². The average Bonchev–Trinajstić information content (AvgIpc) is 2.48. The van der Waals surface area contributed by atoms with Crippen molar-refractivity contribution in [3.8, 4) is 0 Å². The van der Waals surface area contributed by atoms with Gasteiger partial charge in [0.2, 0.25) is 10.0 Å². The summed E-state index contributed by atoms with van der Waals surface area (Å²) in [4.78, 5) is 0. The molecule has 2 rings (SSSR count). The molecular formula is C16H32N2O2S. The van der Waals surface area contributed by atoms with E-state index in [1.54, 1.807) is 4.31 Å². The second kappa shape index (κ2) is 7.93. The van der Waals surface area contributed by atoms with Crippen molar-refractivity contribution in [2.75, 3.05) is 18.8 Å². The van der Waals surface area contributed by atoms with E-state index < -0.39 is 10.0 Å². The topological polar surface area (TPSA) is 49.4 Å². The molecule has 1 heterocycles. The van der Waals surface area contributed by atoms with Gasteiger partial charge in [0.15, 0.2) is 0 Å². The van der Waals surface area contributed by atoms with Crippen LogP contribution in [-0.2, 0) is 10.0 Å². The fourth-order valence-electron chi connectivity index (χ4n) is 3.83. The Hall–Kier alpha value is -0.130. The molecule has 0 aromatic carbocycles. The first kappa shape index (κ1) is 17.2. The van der Waals surface area contributed by atoms with Gasteiger partial charge in [-0.15, -0.1) is 0 Å². The van der Waals surface area contributed by atoms with Crippen LogP contribution in [0.2, 0.25) is 0 Å². The van der Waals surface area contributed by atoms with Crippen LogP contribution < -0.4 is 5.32 Å². The summed E-state index contributed by atoms with van der Waals surface area (Å²) >= 11 is 0. The van der Waals surface area contributed by atoms with Gasteiger partial charge < -0.3 is 5.32 Å². The van der Waals surface area contributed by atoms with E-state index in [4.69, 9.17) is 0 Å². The molecule has 1 aliphatic heterocycles. The molecule has 0 radical (unpaired) electrons. The Kier molecular flexibility index (Phi) is 6.51. The van der Waals surface area contributed by atoms with Gasteiger partial charge >= 0.3 is 0 Å². The Labute approximate surface area is 130 Å². The Morgan fingerprint density at radius 3 is 2.29 bits per heavy atom. The molecule has 4 nitrogen and oxygen atoms in total. The number of piperidine rings is 1. The number of sulfonamides is 1. The van der Waals surface area contributed by atoms with Crippen molar-refractivity contribution in [3.63, 3.8) is 0 Å². The lowest BCUT2D eigenvalue weighted by Gasteiger charge is -2.36. The highest BCUT2D eigenvalue weighted by Gasteiger charge is 2.29. The molecule has 1 aliphatic carbocycles. The molecule has 5 heteroatoms. The van der Waals surface area contributed by atoms with Crippen molar-refractivity contribution in [1.29, 1.82) is 0 Å². The fraction of sp³-hybridized carbons (Fsp3) is 1.00. The van der Waals surface area contributed by atoms with E-state index in [0.717, 1.165) is 18.8 Å². The van der Waals surface area contributed by atoms with Crippen LogP contribution in [0.15, 0.2) is 0 Å². The number of hydrogen-bond donors (Lipinski definition) is 1. The lowest BCUT2D eigenvalue weighted by Crippen LogP contribution is -2.49. The Morgan fingerprint density at radius 2 is 1.71 bits per heavy atom. The summed E-state index contributed by atoms with van der Waals surface area (Å²) in [5.74, 6) is 1.12. The largest absolute Gasteiger partial charge is 0.311 e. The summed E-state index contributed by atoms with van der Waals surface area (Å²) in [5, 5.41) is 3.77. The predicted octanol–water partition coefficient (Wildman–Crippen LogP) is 2.75. The summed E-state index contributed by atoms with van der Waals surface area (Å²) < 4.78 is 25.8. The molecule has 0 aromatic heterocycles. The van der Waals surface area contributed by atoms with Crippen LogP contribution in [0.5, 0.6) is 0 Å². The molecule has 1 saturated carbocycles. The minimum atomic E-state index is -3.00. The molecule has 0 bridgehead atoms. The van der Waals surface area contributed by atoms with Gasteiger partial charge in [-0.25, -0.2) is 12.7 Å². The maximum Gasteiger partial charge on any atom is 0.214 e. The molecular weight excluding hydrogens is 284 g/mol. The van der Waals surface area contributed by atoms with Gasteiger partial charge in [-0.2, -0.15) is 0 Å². The van der Waals surface area contributed by atoms with Crippen LogP contribution in [-0.4, -0.2) is 43.6 Å². The van der Waals surface area contributed by atoms with Crippen molar-refractivity contribution in [1.82, 2.24) is 9.62 Å². The first-order valence-corrected chi connectivity index (χ1v) is 10.4. The summed E-state index contributed by atoms with van der Waals surface area (Å²) in [6.07, 6.45) is 9.50. The van der Waals surface area contributed by atoms with Crippen LogP contribution in [0.25, 0.3) is 0 Å². The Bertz CT molecular complexity index is 397. The minimum absolute atomic E-state index is 0.295.